The van der Waals surface area contributed by atoms with Crippen LogP contribution >= 0.6 is 23.2 Å². The molecule has 0 unspecified atom stereocenters. The number of hydrogen-bond donors (Lipinski definition) is 0. The summed E-state index contributed by atoms with van der Waals surface area (Å²) in [6.07, 6.45) is 0. The molecule has 0 saturated heterocycles. The van der Waals surface area contributed by atoms with Gasteiger partial charge in [0.25, 0.3) is 0 Å². The quantitative estimate of drug-likeness (QED) is 0.143. The molecular formula is C26H38Cl2O8. The lowest BCUT2D eigenvalue weighted by Crippen LogP contribution is -2.13. The third-order valence-corrected chi connectivity index (χ3v) is 5.02. The number of alkyl halides is 2. The molecule has 2 aromatic carbocycles. The molecule has 0 aliphatic rings. The predicted molar refractivity (Wildman–Crippen MR) is 141 cm³/mol. The van der Waals surface area contributed by atoms with E-state index in [0.29, 0.717) is 104 Å². The number of rotatable bonds is 24. The second kappa shape index (κ2) is 21.7. The van der Waals surface area contributed by atoms with Gasteiger partial charge in [0.2, 0.25) is 0 Å². The van der Waals surface area contributed by atoms with Gasteiger partial charge in [0.1, 0.15) is 24.7 Å². The monoisotopic (exact) mass is 548 g/mol. The lowest BCUT2D eigenvalue weighted by molar-refractivity contribution is 0.0116. The zero-order valence-electron chi connectivity index (χ0n) is 20.8. The molecule has 0 fully saturated rings. The first-order valence-electron chi connectivity index (χ1n) is 12.2. The molecule has 0 N–H and O–H groups in total. The highest BCUT2D eigenvalue weighted by Gasteiger charge is 2.02. The summed E-state index contributed by atoms with van der Waals surface area (Å²) >= 11 is 11.1. The summed E-state index contributed by atoms with van der Waals surface area (Å²) in [6, 6.07) is 11.9. The molecule has 0 spiro atoms. The van der Waals surface area contributed by atoms with Gasteiger partial charge in [-0.25, -0.2) is 0 Å². The number of benzene rings is 2. The van der Waals surface area contributed by atoms with E-state index in [9.17, 15) is 0 Å². The Morgan fingerprint density at radius 2 is 0.694 bits per heavy atom. The molecule has 2 rings (SSSR count). The largest absolute Gasteiger partial charge is 0.491 e. The molecule has 2 aromatic rings. The normalized spacial score (nSPS) is 11.3. The standard InChI is InChI=1S/C26H38Cl2O8/c27-5-7-29-9-11-31-13-15-33-17-19-35-25-3-1-23-21-26(4-2-24(23)22-25)36-20-18-34-16-14-32-12-10-30-8-6-28/h1-4,21-22H,5-20H2. The Balaban J connectivity index is 1.51. The Hall–Kier alpha value is -1.36. The zero-order chi connectivity index (χ0) is 25.5. The molecule has 0 aliphatic heterocycles. The smallest absolute Gasteiger partial charge is 0.120 e. The van der Waals surface area contributed by atoms with Crippen LogP contribution in [0, 0.1) is 0 Å². The molecule has 0 heterocycles. The van der Waals surface area contributed by atoms with Gasteiger partial charge in [-0.2, -0.15) is 0 Å². The molecular weight excluding hydrogens is 511 g/mol. The van der Waals surface area contributed by atoms with Crippen molar-refractivity contribution in [1.29, 1.82) is 0 Å². The van der Waals surface area contributed by atoms with Crippen molar-refractivity contribution < 1.29 is 37.9 Å². The van der Waals surface area contributed by atoms with Crippen molar-refractivity contribution in [2.24, 2.45) is 0 Å². The van der Waals surface area contributed by atoms with E-state index in [1.807, 2.05) is 36.4 Å². The van der Waals surface area contributed by atoms with Crippen molar-refractivity contribution in [3.8, 4) is 11.5 Å². The van der Waals surface area contributed by atoms with Crippen molar-refractivity contribution in [3.63, 3.8) is 0 Å². The van der Waals surface area contributed by atoms with E-state index < -0.39 is 0 Å². The summed E-state index contributed by atoms with van der Waals surface area (Å²) in [6.45, 7) is 7.27. The molecule has 0 aliphatic carbocycles. The molecule has 36 heavy (non-hydrogen) atoms. The van der Waals surface area contributed by atoms with E-state index in [0.717, 1.165) is 22.3 Å². The Labute approximate surface area is 223 Å². The van der Waals surface area contributed by atoms with E-state index in [2.05, 4.69) is 0 Å². The number of fused-ring (bicyclic) bond motifs is 1. The van der Waals surface area contributed by atoms with Crippen LogP contribution in [0.5, 0.6) is 11.5 Å². The van der Waals surface area contributed by atoms with Crippen LogP contribution in [0.4, 0.5) is 0 Å². The summed E-state index contributed by atoms with van der Waals surface area (Å²) in [5, 5.41) is 2.16. The third-order valence-electron chi connectivity index (χ3n) is 4.71. The van der Waals surface area contributed by atoms with Gasteiger partial charge in [-0.15, -0.1) is 23.2 Å². The van der Waals surface area contributed by atoms with Crippen LogP contribution in [0.3, 0.4) is 0 Å². The van der Waals surface area contributed by atoms with Crippen LogP contribution in [0.25, 0.3) is 10.8 Å². The minimum atomic E-state index is 0.471. The van der Waals surface area contributed by atoms with Gasteiger partial charge < -0.3 is 37.9 Å². The Morgan fingerprint density at radius 3 is 1.03 bits per heavy atom. The van der Waals surface area contributed by atoms with Gasteiger partial charge in [0.05, 0.1) is 79.3 Å². The lowest BCUT2D eigenvalue weighted by atomic mass is 10.1. The summed E-state index contributed by atoms with van der Waals surface area (Å²) in [7, 11) is 0. The molecule has 204 valence electrons. The van der Waals surface area contributed by atoms with Gasteiger partial charge in [-0.3, -0.25) is 0 Å². The van der Waals surface area contributed by atoms with Crippen molar-refractivity contribution in [2.45, 2.75) is 0 Å². The first-order chi connectivity index (χ1) is 17.8. The maximum absolute atomic E-state index is 5.79. The first kappa shape index (κ1) is 30.9. The number of hydrogen-bond acceptors (Lipinski definition) is 8. The van der Waals surface area contributed by atoms with Crippen molar-refractivity contribution in [1.82, 2.24) is 0 Å². The average Bonchev–Trinajstić information content (AvgIpc) is 2.90. The fourth-order valence-corrected chi connectivity index (χ4v) is 3.23. The minimum absolute atomic E-state index is 0.471. The molecule has 0 aromatic heterocycles. The Bertz CT molecular complexity index is 730. The topological polar surface area (TPSA) is 73.8 Å². The van der Waals surface area contributed by atoms with E-state index in [-0.39, 0.29) is 0 Å². The second-order valence-corrected chi connectivity index (χ2v) is 8.18. The number of ether oxygens (including phenoxy) is 8. The summed E-state index contributed by atoms with van der Waals surface area (Å²) < 4.78 is 43.9. The van der Waals surface area contributed by atoms with Crippen molar-refractivity contribution in [2.75, 3.05) is 104 Å². The van der Waals surface area contributed by atoms with Gasteiger partial charge >= 0.3 is 0 Å². The van der Waals surface area contributed by atoms with Gasteiger partial charge in [0, 0.05) is 11.8 Å². The van der Waals surface area contributed by atoms with Crippen molar-refractivity contribution >= 4 is 34.0 Å². The van der Waals surface area contributed by atoms with E-state index in [1.54, 1.807) is 0 Å². The van der Waals surface area contributed by atoms with Crippen LogP contribution in [-0.2, 0) is 28.4 Å². The third kappa shape index (κ3) is 15.0. The van der Waals surface area contributed by atoms with Crippen LogP contribution in [0.2, 0.25) is 0 Å². The van der Waals surface area contributed by atoms with E-state index in [1.165, 1.54) is 0 Å². The number of halogens is 2. The summed E-state index contributed by atoms with van der Waals surface area (Å²) in [5.41, 5.74) is 0. The maximum Gasteiger partial charge on any atom is 0.120 e. The highest BCUT2D eigenvalue weighted by Crippen LogP contribution is 2.25. The fourth-order valence-electron chi connectivity index (χ4n) is 3.01. The maximum atomic E-state index is 5.79. The van der Waals surface area contributed by atoms with Crippen LogP contribution < -0.4 is 9.47 Å². The molecule has 0 radical (unpaired) electrons. The molecule has 10 heteroatoms. The second-order valence-electron chi connectivity index (χ2n) is 7.42. The van der Waals surface area contributed by atoms with Gasteiger partial charge in [-0.05, 0) is 35.0 Å². The highest BCUT2D eigenvalue weighted by molar-refractivity contribution is 6.18. The minimum Gasteiger partial charge on any atom is -0.491 e. The Kier molecular flexibility index (Phi) is 18.6. The van der Waals surface area contributed by atoms with Gasteiger partial charge in [-0.1, -0.05) is 12.1 Å². The van der Waals surface area contributed by atoms with Gasteiger partial charge in [0.15, 0.2) is 0 Å². The SMILES string of the molecule is ClCCOCCOCCOCCOc1ccc2cc(OCCOCCOCCOCCCl)ccc2c1. The summed E-state index contributed by atoms with van der Waals surface area (Å²) in [4.78, 5) is 0. The molecule has 0 bridgehead atoms. The predicted octanol–water partition coefficient (Wildman–Crippen LogP) is 4.17. The highest BCUT2D eigenvalue weighted by atomic mass is 35.5. The molecule has 0 saturated carbocycles. The van der Waals surface area contributed by atoms with E-state index in [4.69, 9.17) is 61.1 Å². The zero-order valence-corrected chi connectivity index (χ0v) is 22.3. The van der Waals surface area contributed by atoms with Crippen LogP contribution in [0.1, 0.15) is 0 Å². The average molecular weight is 549 g/mol. The van der Waals surface area contributed by atoms with Crippen molar-refractivity contribution in [3.05, 3.63) is 36.4 Å². The molecule has 0 amide bonds. The van der Waals surface area contributed by atoms with Crippen LogP contribution in [0.15, 0.2) is 36.4 Å². The summed E-state index contributed by atoms with van der Waals surface area (Å²) in [5.74, 6) is 2.59. The Morgan fingerprint density at radius 1 is 0.389 bits per heavy atom. The first-order valence-corrected chi connectivity index (χ1v) is 13.3. The molecule has 0 atom stereocenters. The molecule has 8 nitrogen and oxygen atoms in total. The van der Waals surface area contributed by atoms with E-state index >= 15 is 0 Å². The lowest BCUT2D eigenvalue weighted by Gasteiger charge is -2.10. The van der Waals surface area contributed by atoms with Crippen LogP contribution in [-0.4, -0.2) is 104 Å². The fraction of sp³-hybridized carbons (Fsp3) is 0.615.